The van der Waals surface area contributed by atoms with Gasteiger partial charge >= 0.3 is 5.69 Å². The number of allylic oxidation sites excluding steroid dienone is 2. The summed E-state index contributed by atoms with van der Waals surface area (Å²) < 4.78 is 0.863. The maximum Gasteiger partial charge on any atom is 0.327 e. The van der Waals surface area contributed by atoms with E-state index in [2.05, 4.69) is 31.2 Å². The van der Waals surface area contributed by atoms with E-state index in [9.17, 15) is 14.4 Å². The smallest absolute Gasteiger partial charge is 0.327 e. The van der Waals surface area contributed by atoms with Crippen LogP contribution in [0.3, 0.4) is 0 Å². The molecule has 0 amide bonds. The van der Waals surface area contributed by atoms with E-state index in [4.69, 9.17) is 0 Å². The van der Waals surface area contributed by atoms with Crippen molar-refractivity contribution in [1.82, 2.24) is 9.97 Å². The van der Waals surface area contributed by atoms with E-state index in [1.165, 1.54) is 0 Å². The van der Waals surface area contributed by atoms with Gasteiger partial charge in [-0.2, -0.15) is 0 Å². The molecule has 0 spiro atoms. The van der Waals surface area contributed by atoms with Crippen LogP contribution >= 0.6 is 15.9 Å². The predicted molar refractivity (Wildman–Crippen MR) is 102 cm³/mol. The average Bonchev–Trinajstić information content (AvgIpc) is 2.51. The summed E-state index contributed by atoms with van der Waals surface area (Å²) in [6.45, 7) is 4.08. The Morgan fingerprint density at radius 1 is 1.12 bits per heavy atom. The normalized spacial score (nSPS) is 21.0. The third-order valence-electron chi connectivity index (χ3n) is 4.93. The molecule has 3 N–H and O–H groups in total. The van der Waals surface area contributed by atoms with Gasteiger partial charge in [-0.25, -0.2) is 4.79 Å². The molecule has 0 fully saturated rings. The van der Waals surface area contributed by atoms with Gasteiger partial charge in [0.05, 0.1) is 5.56 Å². The van der Waals surface area contributed by atoms with Gasteiger partial charge in [0, 0.05) is 28.1 Å². The van der Waals surface area contributed by atoms with Crippen LogP contribution in [-0.4, -0.2) is 15.8 Å². The second-order valence-electron chi connectivity index (χ2n) is 7.64. The Labute approximate surface area is 157 Å². The standard InChI is InChI=1S/C19H18BrN3O3/c1-19(2)7-11-14(12(24)8-19)13(9-4-3-5-10(20)6-9)15-16(21-11)22-18(26)23-17(15)25/h3-6,13H,7-8H2,1-2H3,(H3,21,22,23,25,26)/t13-/m0/s1. The molecule has 1 aliphatic heterocycles. The fourth-order valence-corrected chi connectivity index (χ4v) is 4.38. The van der Waals surface area contributed by atoms with Crippen molar-refractivity contribution in [2.24, 2.45) is 5.41 Å². The van der Waals surface area contributed by atoms with E-state index < -0.39 is 17.2 Å². The molecule has 0 saturated heterocycles. The summed E-state index contributed by atoms with van der Waals surface area (Å²) in [6.07, 6.45) is 1.10. The molecule has 2 aliphatic rings. The first-order chi connectivity index (χ1) is 12.2. The maximum absolute atomic E-state index is 13.0. The lowest BCUT2D eigenvalue weighted by Crippen LogP contribution is -2.38. The number of H-pyrrole nitrogens is 2. The van der Waals surface area contributed by atoms with Crippen LogP contribution < -0.4 is 16.6 Å². The van der Waals surface area contributed by atoms with Crippen LogP contribution in [0.25, 0.3) is 0 Å². The van der Waals surface area contributed by atoms with Gasteiger partial charge in [-0.3, -0.25) is 19.6 Å². The summed E-state index contributed by atoms with van der Waals surface area (Å²) in [7, 11) is 0. The molecular formula is C19H18BrN3O3. The number of rotatable bonds is 1. The van der Waals surface area contributed by atoms with Crippen molar-refractivity contribution in [3.63, 3.8) is 0 Å². The number of aromatic nitrogens is 2. The summed E-state index contributed by atoms with van der Waals surface area (Å²) in [5.74, 6) is -0.110. The number of Topliss-reactive ketones (excluding diaryl/α,β-unsaturated/α-hetero) is 1. The van der Waals surface area contributed by atoms with Gasteiger partial charge < -0.3 is 5.32 Å². The Kier molecular flexibility index (Phi) is 3.80. The minimum atomic E-state index is -0.570. The van der Waals surface area contributed by atoms with E-state index in [0.717, 1.165) is 15.7 Å². The van der Waals surface area contributed by atoms with Gasteiger partial charge in [0.15, 0.2) is 5.78 Å². The van der Waals surface area contributed by atoms with Crippen molar-refractivity contribution in [1.29, 1.82) is 0 Å². The van der Waals surface area contributed by atoms with Crippen molar-refractivity contribution in [3.05, 3.63) is 72.0 Å². The number of halogens is 1. The van der Waals surface area contributed by atoms with Crippen LogP contribution in [-0.2, 0) is 4.79 Å². The van der Waals surface area contributed by atoms with E-state index in [1.54, 1.807) is 0 Å². The van der Waals surface area contributed by atoms with E-state index >= 15 is 0 Å². The van der Waals surface area contributed by atoms with Crippen LogP contribution in [0.1, 0.15) is 43.7 Å². The van der Waals surface area contributed by atoms with Crippen molar-refractivity contribution >= 4 is 27.5 Å². The second-order valence-corrected chi connectivity index (χ2v) is 8.56. The zero-order chi connectivity index (χ0) is 18.6. The minimum absolute atomic E-state index is 0.0324. The largest absolute Gasteiger partial charge is 0.344 e. The summed E-state index contributed by atoms with van der Waals surface area (Å²) in [5.41, 5.74) is 1.38. The van der Waals surface area contributed by atoms with Crippen LogP contribution in [0.2, 0.25) is 0 Å². The van der Waals surface area contributed by atoms with Gasteiger partial charge in [-0.05, 0) is 29.5 Å². The molecule has 1 aromatic carbocycles. The fraction of sp³-hybridized carbons (Fsp3) is 0.316. The molecular weight excluding hydrogens is 398 g/mol. The molecule has 134 valence electrons. The molecule has 0 unspecified atom stereocenters. The first-order valence-electron chi connectivity index (χ1n) is 8.40. The number of hydrogen-bond acceptors (Lipinski definition) is 4. The lowest BCUT2D eigenvalue weighted by molar-refractivity contribution is -0.118. The molecule has 0 bridgehead atoms. The molecule has 1 aromatic heterocycles. The highest BCUT2D eigenvalue weighted by Gasteiger charge is 2.42. The Morgan fingerprint density at radius 2 is 1.88 bits per heavy atom. The third kappa shape index (κ3) is 2.76. The monoisotopic (exact) mass is 415 g/mol. The molecule has 26 heavy (non-hydrogen) atoms. The fourth-order valence-electron chi connectivity index (χ4n) is 3.97. The highest BCUT2D eigenvalue weighted by atomic mass is 79.9. The number of ketones is 1. The lowest BCUT2D eigenvalue weighted by atomic mass is 9.69. The van der Waals surface area contributed by atoms with Gasteiger partial charge in [0.25, 0.3) is 5.56 Å². The minimum Gasteiger partial charge on any atom is -0.344 e. The molecule has 7 heteroatoms. The number of benzene rings is 1. The SMILES string of the molecule is CC1(C)CC(=O)C2=C(C1)Nc1[nH]c(=O)[nH]c(=O)c1[C@H]2c1cccc(Br)c1. The third-order valence-corrected chi connectivity index (χ3v) is 5.43. The van der Waals surface area contributed by atoms with Crippen molar-refractivity contribution in [2.75, 3.05) is 5.32 Å². The number of nitrogens with one attached hydrogen (secondary N) is 3. The number of carbonyl (C=O) groups excluding carboxylic acids is 1. The number of fused-ring (bicyclic) bond motifs is 1. The molecule has 0 radical (unpaired) electrons. The topological polar surface area (TPSA) is 94.8 Å². The van der Waals surface area contributed by atoms with Gasteiger partial charge in [-0.1, -0.05) is 41.9 Å². The van der Waals surface area contributed by atoms with Gasteiger partial charge in [-0.15, -0.1) is 0 Å². The zero-order valence-corrected chi connectivity index (χ0v) is 16.0. The highest BCUT2D eigenvalue weighted by molar-refractivity contribution is 9.10. The summed E-state index contributed by atoms with van der Waals surface area (Å²) in [4.78, 5) is 42.3. The Balaban J connectivity index is 2.02. The number of aromatic amines is 2. The number of carbonyl (C=O) groups is 1. The molecule has 1 atom stereocenters. The van der Waals surface area contributed by atoms with Crippen molar-refractivity contribution in [3.8, 4) is 0 Å². The molecule has 2 heterocycles. The van der Waals surface area contributed by atoms with Crippen LogP contribution in [0.5, 0.6) is 0 Å². The van der Waals surface area contributed by atoms with E-state index in [0.29, 0.717) is 29.8 Å². The first-order valence-corrected chi connectivity index (χ1v) is 9.20. The summed E-state index contributed by atoms with van der Waals surface area (Å²) >= 11 is 3.46. The molecule has 1 aliphatic carbocycles. The van der Waals surface area contributed by atoms with E-state index in [-0.39, 0.29) is 11.2 Å². The number of hydrogen-bond donors (Lipinski definition) is 3. The lowest BCUT2D eigenvalue weighted by Gasteiger charge is -2.38. The quantitative estimate of drug-likeness (QED) is 0.666. The first kappa shape index (κ1) is 17.0. The Hall–Kier alpha value is -2.41. The summed E-state index contributed by atoms with van der Waals surface area (Å²) in [5, 5.41) is 3.15. The predicted octanol–water partition coefficient (Wildman–Crippen LogP) is 3.03. The van der Waals surface area contributed by atoms with E-state index in [1.807, 2.05) is 38.1 Å². The van der Waals surface area contributed by atoms with Gasteiger partial charge in [0.2, 0.25) is 0 Å². The average molecular weight is 416 g/mol. The Bertz CT molecular complexity index is 1080. The maximum atomic E-state index is 13.0. The molecule has 4 rings (SSSR count). The van der Waals surface area contributed by atoms with Crippen molar-refractivity contribution < 1.29 is 4.79 Å². The Morgan fingerprint density at radius 3 is 2.62 bits per heavy atom. The zero-order valence-electron chi connectivity index (χ0n) is 14.4. The van der Waals surface area contributed by atoms with Crippen molar-refractivity contribution in [2.45, 2.75) is 32.6 Å². The second kappa shape index (κ2) is 5.81. The van der Waals surface area contributed by atoms with Gasteiger partial charge in [0.1, 0.15) is 5.82 Å². The highest BCUT2D eigenvalue weighted by Crippen LogP contribution is 2.47. The van der Waals surface area contributed by atoms with Crippen LogP contribution in [0.15, 0.2) is 49.6 Å². The van der Waals surface area contributed by atoms with Crippen LogP contribution in [0.4, 0.5) is 5.82 Å². The number of anilines is 1. The molecule has 2 aromatic rings. The molecule has 6 nitrogen and oxygen atoms in total. The molecule has 0 saturated carbocycles. The van der Waals surface area contributed by atoms with Crippen LogP contribution in [0, 0.1) is 5.41 Å². The summed E-state index contributed by atoms with van der Waals surface area (Å²) in [6, 6.07) is 7.57.